The molecule has 0 saturated heterocycles. The van der Waals surface area contributed by atoms with E-state index >= 15 is 0 Å². The predicted octanol–water partition coefficient (Wildman–Crippen LogP) is 17.8. The van der Waals surface area contributed by atoms with Gasteiger partial charge in [0.05, 0.1) is 11.0 Å². The number of fused-ring (bicyclic) bond motifs is 6. The van der Waals surface area contributed by atoms with Crippen LogP contribution in [0.1, 0.15) is 0 Å². The van der Waals surface area contributed by atoms with Crippen LogP contribution in [0.15, 0.2) is 237 Å². The molecule has 0 bridgehead atoms. The van der Waals surface area contributed by atoms with Crippen LogP contribution in [-0.2, 0) is 0 Å². The fourth-order valence-corrected chi connectivity index (χ4v) is 11.3. The van der Waals surface area contributed by atoms with E-state index in [9.17, 15) is 0 Å². The molecule has 13 aromatic carbocycles. The lowest BCUT2D eigenvalue weighted by atomic mass is 9.80. The maximum absolute atomic E-state index is 2.48. The van der Waals surface area contributed by atoms with Crippen LogP contribution in [0, 0.1) is 0 Å². The molecule has 0 radical (unpaired) electrons. The summed E-state index contributed by atoms with van der Waals surface area (Å²) in [4.78, 5) is 0. The van der Waals surface area contributed by atoms with Gasteiger partial charge in [0.15, 0.2) is 0 Å². The van der Waals surface area contributed by atoms with Gasteiger partial charge in [0, 0.05) is 16.5 Å². The minimum Gasteiger partial charge on any atom is -0.309 e. The van der Waals surface area contributed by atoms with Gasteiger partial charge in [-0.25, -0.2) is 0 Å². The van der Waals surface area contributed by atoms with Gasteiger partial charge in [-0.2, -0.15) is 0 Å². The molecule has 0 atom stereocenters. The SMILES string of the molecule is c1ccc2c(-c3cc(-c4ccc(-n5c6ccccc6c6ccccc65)cc4)c4ccc5c(-c6cccc7ccccc67)cc(-c6cccc7ccccc67)c6ccc3c4c56)cccc2c1. The van der Waals surface area contributed by atoms with Crippen molar-refractivity contribution in [2.24, 2.45) is 0 Å². The molecule has 0 aliphatic rings. The van der Waals surface area contributed by atoms with Crippen molar-refractivity contribution in [1.29, 1.82) is 0 Å². The summed E-state index contributed by atoms with van der Waals surface area (Å²) < 4.78 is 2.41. The second kappa shape index (κ2) is 14.0. The topological polar surface area (TPSA) is 4.93 Å². The molecular formula is C64H39N. The Balaban J connectivity index is 1.11. The van der Waals surface area contributed by atoms with E-state index < -0.39 is 0 Å². The summed E-state index contributed by atoms with van der Waals surface area (Å²) in [5.41, 5.74) is 13.5. The van der Waals surface area contributed by atoms with Gasteiger partial charge in [-0.1, -0.05) is 200 Å². The van der Waals surface area contributed by atoms with Crippen molar-refractivity contribution in [2.45, 2.75) is 0 Å². The first kappa shape index (κ1) is 36.0. The van der Waals surface area contributed by atoms with Crippen molar-refractivity contribution in [3.63, 3.8) is 0 Å². The zero-order valence-corrected chi connectivity index (χ0v) is 35.5. The smallest absolute Gasteiger partial charge is 0.0541 e. The Hall–Kier alpha value is -8.52. The molecule has 14 aromatic rings. The normalized spacial score (nSPS) is 12.0. The molecule has 1 heterocycles. The fourth-order valence-electron chi connectivity index (χ4n) is 11.3. The minimum absolute atomic E-state index is 1.15. The molecular weight excluding hydrogens is 783 g/mol. The van der Waals surface area contributed by atoms with Gasteiger partial charge < -0.3 is 4.57 Å². The first-order valence-corrected chi connectivity index (χ1v) is 22.6. The van der Waals surface area contributed by atoms with Crippen LogP contribution in [-0.4, -0.2) is 4.57 Å². The average Bonchev–Trinajstić information content (AvgIpc) is 3.71. The van der Waals surface area contributed by atoms with Crippen LogP contribution in [0.5, 0.6) is 0 Å². The zero-order valence-electron chi connectivity index (χ0n) is 35.5. The third-order valence-corrected chi connectivity index (χ3v) is 14.2. The second-order valence-electron chi connectivity index (χ2n) is 17.5. The molecule has 0 aliphatic heterocycles. The summed E-state index contributed by atoms with van der Waals surface area (Å²) in [5, 5.41) is 17.7. The van der Waals surface area contributed by atoms with Gasteiger partial charge in [-0.05, 0) is 146 Å². The molecule has 1 heteroatoms. The van der Waals surface area contributed by atoms with Gasteiger partial charge in [0.1, 0.15) is 0 Å². The van der Waals surface area contributed by atoms with E-state index in [1.165, 1.54) is 131 Å². The third kappa shape index (κ3) is 5.33. The highest BCUT2D eigenvalue weighted by atomic mass is 15.0. The Kier molecular flexibility index (Phi) is 7.75. The van der Waals surface area contributed by atoms with Crippen LogP contribution < -0.4 is 0 Å². The molecule has 14 rings (SSSR count). The maximum atomic E-state index is 2.48. The first-order chi connectivity index (χ1) is 32.3. The summed E-state index contributed by atoms with van der Waals surface area (Å²) in [5.74, 6) is 0. The number of rotatable bonds is 5. The summed E-state index contributed by atoms with van der Waals surface area (Å²) in [6.07, 6.45) is 0. The Morgan fingerprint density at radius 1 is 0.215 bits per heavy atom. The molecule has 0 aliphatic carbocycles. The molecule has 0 fully saturated rings. The van der Waals surface area contributed by atoms with E-state index in [4.69, 9.17) is 0 Å². The van der Waals surface area contributed by atoms with E-state index in [-0.39, 0.29) is 0 Å². The van der Waals surface area contributed by atoms with Crippen LogP contribution in [0.25, 0.3) is 137 Å². The van der Waals surface area contributed by atoms with Gasteiger partial charge in [0.25, 0.3) is 0 Å². The third-order valence-electron chi connectivity index (χ3n) is 14.2. The monoisotopic (exact) mass is 821 g/mol. The highest BCUT2D eigenvalue weighted by Crippen LogP contribution is 2.50. The molecule has 0 unspecified atom stereocenters. The van der Waals surface area contributed by atoms with Crippen molar-refractivity contribution in [2.75, 3.05) is 0 Å². The van der Waals surface area contributed by atoms with E-state index in [0.29, 0.717) is 0 Å². The molecule has 0 N–H and O–H groups in total. The molecule has 300 valence electrons. The van der Waals surface area contributed by atoms with Crippen molar-refractivity contribution in [1.82, 2.24) is 4.57 Å². The number of para-hydroxylation sites is 2. The van der Waals surface area contributed by atoms with Crippen LogP contribution in [0.3, 0.4) is 0 Å². The fraction of sp³-hybridized carbons (Fsp3) is 0. The van der Waals surface area contributed by atoms with E-state index in [0.717, 1.165) is 5.69 Å². The molecule has 0 saturated carbocycles. The van der Waals surface area contributed by atoms with Crippen molar-refractivity contribution in [3.8, 4) is 50.2 Å². The Labute approximate surface area is 376 Å². The molecule has 65 heavy (non-hydrogen) atoms. The van der Waals surface area contributed by atoms with E-state index in [2.05, 4.69) is 241 Å². The van der Waals surface area contributed by atoms with Gasteiger partial charge in [-0.3, -0.25) is 0 Å². The summed E-state index contributed by atoms with van der Waals surface area (Å²) >= 11 is 0. The Morgan fingerprint density at radius 2 is 0.554 bits per heavy atom. The highest BCUT2D eigenvalue weighted by molar-refractivity contribution is 6.33. The Morgan fingerprint density at radius 3 is 0.985 bits per heavy atom. The lowest BCUT2D eigenvalue weighted by Gasteiger charge is -2.22. The van der Waals surface area contributed by atoms with Crippen molar-refractivity contribution >= 4 is 86.4 Å². The maximum Gasteiger partial charge on any atom is 0.0541 e. The lowest BCUT2D eigenvalue weighted by molar-refractivity contribution is 1.18. The van der Waals surface area contributed by atoms with Gasteiger partial charge >= 0.3 is 0 Å². The quantitative estimate of drug-likeness (QED) is 0.152. The van der Waals surface area contributed by atoms with Gasteiger partial charge in [0.2, 0.25) is 0 Å². The summed E-state index contributed by atoms with van der Waals surface area (Å²) in [7, 11) is 0. The number of nitrogens with zero attached hydrogens (tertiary/aromatic N) is 1. The number of hydrogen-bond donors (Lipinski definition) is 0. The second-order valence-corrected chi connectivity index (χ2v) is 17.5. The lowest BCUT2D eigenvalue weighted by Crippen LogP contribution is -1.96. The summed E-state index contributed by atoms with van der Waals surface area (Å²) in [6, 6.07) is 88.1. The number of benzene rings is 13. The Bertz CT molecular complexity index is 4060. The average molecular weight is 822 g/mol. The zero-order chi connectivity index (χ0) is 42.6. The predicted molar refractivity (Wildman–Crippen MR) is 279 cm³/mol. The van der Waals surface area contributed by atoms with Crippen molar-refractivity contribution < 1.29 is 0 Å². The van der Waals surface area contributed by atoms with E-state index in [1.54, 1.807) is 0 Å². The van der Waals surface area contributed by atoms with Crippen LogP contribution in [0.4, 0.5) is 0 Å². The van der Waals surface area contributed by atoms with Crippen molar-refractivity contribution in [3.05, 3.63) is 237 Å². The number of aromatic nitrogens is 1. The van der Waals surface area contributed by atoms with E-state index in [1.807, 2.05) is 0 Å². The molecule has 1 aromatic heterocycles. The first-order valence-electron chi connectivity index (χ1n) is 22.6. The molecule has 1 nitrogen and oxygen atoms in total. The molecule has 0 amide bonds. The van der Waals surface area contributed by atoms with Crippen LogP contribution >= 0.6 is 0 Å². The number of hydrogen-bond acceptors (Lipinski definition) is 0. The summed E-state index contributed by atoms with van der Waals surface area (Å²) in [6.45, 7) is 0. The largest absolute Gasteiger partial charge is 0.309 e. The van der Waals surface area contributed by atoms with Gasteiger partial charge in [-0.15, -0.1) is 0 Å². The van der Waals surface area contributed by atoms with Crippen LogP contribution in [0.2, 0.25) is 0 Å². The highest BCUT2D eigenvalue weighted by Gasteiger charge is 2.23. The standard InChI is InChI=1S/C64H39N/c1-4-20-45-40(14-1)17-11-25-48(45)58-38-57(43-30-32-44(33-31-43)65-61-28-9-7-23-51(61)52-24-8-10-29-62(52)65)53-34-35-55-59(49-26-12-18-41-15-2-5-21-46(41)49)39-60(56-37-36-54(58)63(53)64(55)56)50-27-13-19-42-16-3-6-22-47(42)50/h1-39H. The minimum atomic E-state index is 1.15. The molecule has 0 spiro atoms.